The lowest BCUT2D eigenvalue weighted by molar-refractivity contribution is -0.121. The molecule has 0 radical (unpaired) electrons. The summed E-state index contributed by atoms with van der Waals surface area (Å²) in [6.07, 6.45) is 1.94. The molecule has 2 amide bonds. The van der Waals surface area contributed by atoms with Crippen LogP contribution in [0.1, 0.15) is 26.7 Å². The Morgan fingerprint density at radius 1 is 1.38 bits per heavy atom. The second kappa shape index (κ2) is 7.27. The molecule has 1 aromatic heterocycles. The van der Waals surface area contributed by atoms with Crippen molar-refractivity contribution in [2.75, 3.05) is 18.4 Å². The molecule has 2 heterocycles. The number of hydrogen-bond acceptors (Lipinski definition) is 5. The lowest BCUT2D eigenvalue weighted by atomic mass is 10.0. The van der Waals surface area contributed by atoms with Gasteiger partial charge in [-0.25, -0.2) is 4.98 Å². The van der Waals surface area contributed by atoms with Crippen molar-refractivity contribution in [2.45, 2.75) is 38.8 Å². The Bertz CT molecular complexity index is 712. The van der Waals surface area contributed by atoms with Crippen molar-refractivity contribution in [3.8, 4) is 0 Å². The van der Waals surface area contributed by atoms with Crippen LogP contribution in [0.3, 0.4) is 0 Å². The molecule has 1 aliphatic heterocycles. The number of carbonyl (C=O) groups is 2. The number of benzene rings is 1. The molecular formula is C17H22N4O2S. The Labute approximate surface area is 145 Å². The predicted octanol–water partition coefficient (Wildman–Crippen LogP) is 2.22. The fourth-order valence-corrected chi connectivity index (χ4v) is 3.93. The van der Waals surface area contributed by atoms with Gasteiger partial charge in [0, 0.05) is 19.5 Å². The van der Waals surface area contributed by atoms with Gasteiger partial charge in [0.2, 0.25) is 11.8 Å². The van der Waals surface area contributed by atoms with E-state index in [0.717, 1.165) is 29.6 Å². The molecule has 24 heavy (non-hydrogen) atoms. The molecule has 7 heteroatoms. The molecule has 1 saturated heterocycles. The van der Waals surface area contributed by atoms with E-state index in [9.17, 15) is 9.59 Å². The number of likely N-dealkylation sites (tertiary alicyclic amines) is 1. The highest BCUT2D eigenvalue weighted by Crippen LogP contribution is 2.25. The van der Waals surface area contributed by atoms with Gasteiger partial charge < -0.3 is 10.6 Å². The Morgan fingerprint density at radius 2 is 2.17 bits per heavy atom. The highest BCUT2D eigenvalue weighted by molar-refractivity contribution is 7.22. The number of aromatic nitrogens is 1. The minimum atomic E-state index is -0.256. The Kier molecular flexibility index (Phi) is 5.11. The van der Waals surface area contributed by atoms with E-state index in [2.05, 4.69) is 20.5 Å². The van der Waals surface area contributed by atoms with Gasteiger partial charge in [0.25, 0.3) is 0 Å². The van der Waals surface area contributed by atoms with E-state index < -0.39 is 0 Å². The normalized spacial score (nSPS) is 19.8. The monoisotopic (exact) mass is 346 g/mol. The minimum Gasteiger partial charge on any atom is -0.352 e. The van der Waals surface area contributed by atoms with Crippen molar-refractivity contribution < 1.29 is 9.59 Å². The quantitative estimate of drug-likeness (QED) is 0.890. The first kappa shape index (κ1) is 16.9. The van der Waals surface area contributed by atoms with Crippen LogP contribution in [0.5, 0.6) is 0 Å². The number of hydrogen-bond donors (Lipinski definition) is 2. The van der Waals surface area contributed by atoms with E-state index in [1.807, 2.05) is 31.2 Å². The molecule has 6 nitrogen and oxygen atoms in total. The Morgan fingerprint density at radius 3 is 2.92 bits per heavy atom. The maximum absolute atomic E-state index is 12.5. The maximum atomic E-state index is 12.5. The highest BCUT2D eigenvalue weighted by Gasteiger charge is 2.28. The standard InChI is InChI=1S/C17H22N4O2S/c1-11(21-9-5-6-13(10-21)18-12(2)22)16(23)20-17-19-14-7-3-4-8-15(14)24-17/h3-4,7-8,11,13H,5-6,9-10H2,1-2H3,(H,18,22)(H,19,20,23). The number of nitrogens with one attached hydrogen (secondary N) is 2. The van der Waals surface area contributed by atoms with Gasteiger partial charge in [0.15, 0.2) is 5.13 Å². The topological polar surface area (TPSA) is 74.3 Å². The second-order valence-electron chi connectivity index (χ2n) is 6.19. The fraction of sp³-hybridized carbons (Fsp3) is 0.471. The molecule has 2 N–H and O–H groups in total. The van der Waals surface area contributed by atoms with Gasteiger partial charge in [-0.15, -0.1) is 0 Å². The summed E-state index contributed by atoms with van der Waals surface area (Å²) in [4.78, 5) is 30.3. The van der Waals surface area contributed by atoms with Gasteiger partial charge in [-0.3, -0.25) is 14.5 Å². The molecule has 1 aromatic carbocycles. The van der Waals surface area contributed by atoms with Crippen molar-refractivity contribution in [1.82, 2.24) is 15.2 Å². The number of nitrogens with zero attached hydrogens (tertiary/aromatic N) is 2. The number of anilines is 1. The number of thiazole rings is 1. The molecule has 1 aliphatic rings. The van der Waals surface area contributed by atoms with Crippen molar-refractivity contribution in [2.24, 2.45) is 0 Å². The minimum absolute atomic E-state index is 0.0200. The summed E-state index contributed by atoms with van der Waals surface area (Å²) in [6, 6.07) is 7.70. The largest absolute Gasteiger partial charge is 0.352 e. The van der Waals surface area contributed by atoms with Crippen molar-refractivity contribution >= 4 is 38.5 Å². The number of fused-ring (bicyclic) bond motifs is 1. The highest BCUT2D eigenvalue weighted by atomic mass is 32.1. The summed E-state index contributed by atoms with van der Waals surface area (Å²) in [5.74, 6) is -0.0778. The van der Waals surface area contributed by atoms with Crippen LogP contribution >= 0.6 is 11.3 Å². The number of rotatable bonds is 4. The third-order valence-electron chi connectivity index (χ3n) is 4.31. The molecule has 0 bridgehead atoms. The molecule has 2 atom stereocenters. The first-order chi connectivity index (χ1) is 11.5. The van der Waals surface area contributed by atoms with Crippen LogP contribution in [0.2, 0.25) is 0 Å². The van der Waals surface area contributed by atoms with Crippen LogP contribution in [-0.4, -0.2) is 46.9 Å². The molecule has 2 unspecified atom stereocenters. The van der Waals surface area contributed by atoms with Crippen LogP contribution in [0.4, 0.5) is 5.13 Å². The van der Waals surface area contributed by atoms with Crippen LogP contribution in [-0.2, 0) is 9.59 Å². The fourth-order valence-electron chi connectivity index (χ4n) is 3.06. The lowest BCUT2D eigenvalue weighted by Gasteiger charge is -2.36. The Hall–Kier alpha value is -1.99. The van der Waals surface area contributed by atoms with E-state index >= 15 is 0 Å². The number of para-hydroxylation sites is 1. The third-order valence-corrected chi connectivity index (χ3v) is 5.26. The predicted molar refractivity (Wildman–Crippen MR) is 96.1 cm³/mol. The second-order valence-corrected chi connectivity index (χ2v) is 7.22. The number of amides is 2. The summed E-state index contributed by atoms with van der Waals surface area (Å²) < 4.78 is 1.06. The molecule has 0 spiro atoms. The van der Waals surface area contributed by atoms with Crippen LogP contribution < -0.4 is 10.6 Å². The zero-order valence-electron chi connectivity index (χ0n) is 13.9. The van der Waals surface area contributed by atoms with E-state index in [0.29, 0.717) is 11.7 Å². The first-order valence-electron chi connectivity index (χ1n) is 8.20. The van der Waals surface area contributed by atoms with Gasteiger partial charge in [-0.1, -0.05) is 23.5 Å². The molecule has 2 aromatic rings. The summed E-state index contributed by atoms with van der Waals surface area (Å²) in [6.45, 7) is 5.00. The summed E-state index contributed by atoms with van der Waals surface area (Å²) in [5, 5.41) is 6.50. The Balaban J connectivity index is 1.62. The zero-order chi connectivity index (χ0) is 17.1. The SMILES string of the molecule is CC(=O)NC1CCCN(C(C)C(=O)Nc2nc3ccccc3s2)C1. The van der Waals surface area contributed by atoms with Crippen LogP contribution in [0, 0.1) is 0 Å². The molecule has 128 valence electrons. The van der Waals surface area contributed by atoms with Gasteiger partial charge in [0.1, 0.15) is 0 Å². The van der Waals surface area contributed by atoms with E-state index in [1.54, 1.807) is 0 Å². The van der Waals surface area contributed by atoms with E-state index in [4.69, 9.17) is 0 Å². The molecule has 0 aliphatic carbocycles. The van der Waals surface area contributed by atoms with E-state index in [-0.39, 0.29) is 23.9 Å². The van der Waals surface area contributed by atoms with Gasteiger partial charge in [-0.2, -0.15) is 0 Å². The van der Waals surface area contributed by atoms with Crippen molar-refractivity contribution in [3.05, 3.63) is 24.3 Å². The number of carbonyl (C=O) groups excluding carboxylic acids is 2. The third kappa shape index (κ3) is 3.91. The molecular weight excluding hydrogens is 324 g/mol. The molecule has 1 fully saturated rings. The van der Waals surface area contributed by atoms with Gasteiger partial charge in [0.05, 0.1) is 16.3 Å². The van der Waals surface area contributed by atoms with Crippen LogP contribution in [0.25, 0.3) is 10.2 Å². The van der Waals surface area contributed by atoms with Gasteiger partial charge in [-0.05, 0) is 38.4 Å². The molecule has 3 rings (SSSR count). The van der Waals surface area contributed by atoms with Crippen LogP contribution in [0.15, 0.2) is 24.3 Å². The van der Waals surface area contributed by atoms with Crippen molar-refractivity contribution in [3.63, 3.8) is 0 Å². The average Bonchev–Trinajstić information content (AvgIpc) is 2.95. The maximum Gasteiger partial charge on any atom is 0.243 e. The number of piperidine rings is 1. The average molecular weight is 346 g/mol. The summed E-state index contributed by atoms with van der Waals surface area (Å²) in [5.41, 5.74) is 0.897. The summed E-state index contributed by atoms with van der Waals surface area (Å²) in [7, 11) is 0. The van der Waals surface area contributed by atoms with Crippen molar-refractivity contribution in [1.29, 1.82) is 0 Å². The first-order valence-corrected chi connectivity index (χ1v) is 9.02. The van der Waals surface area contributed by atoms with Gasteiger partial charge >= 0.3 is 0 Å². The lowest BCUT2D eigenvalue weighted by Crippen LogP contribution is -2.52. The smallest absolute Gasteiger partial charge is 0.243 e. The molecule has 0 saturated carbocycles. The zero-order valence-corrected chi connectivity index (χ0v) is 14.7. The summed E-state index contributed by atoms with van der Waals surface area (Å²) >= 11 is 1.48. The van der Waals surface area contributed by atoms with E-state index in [1.165, 1.54) is 18.3 Å².